The number of hydrogen-bond acceptors (Lipinski definition) is 5. The molecule has 184 valence electrons. The van der Waals surface area contributed by atoms with Gasteiger partial charge in [-0.3, -0.25) is 0 Å². The second-order valence-corrected chi connectivity index (χ2v) is 9.61. The van der Waals surface area contributed by atoms with E-state index in [0.29, 0.717) is 12.3 Å². The predicted molar refractivity (Wildman–Crippen MR) is 133 cm³/mol. The molecule has 1 saturated heterocycles. The average molecular weight is 478 g/mol. The lowest BCUT2D eigenvalue weighted by molar-refractivity contribution is 0.0613. The molecule has 35 heavy (non-hydrogen) atoms. The van der Waals surface area contributed by atoms with Crippen LogP contribution in [0, 0.1) is 25.6 Å². The molecule has 1 aliphatic heterocycles. The van der Waals surface area contributed by atoms with Gasteiger partial charge in [-0.05, 0) is 74.4 Å². The van der Waals surface area contributed by atoms with E-state index in [-0.39, 0.29) is 17.5 Å². The summed E-state index contributed by atoms with van der Waals surface area (Å²) in [4.78, 5) is 5.12. The van der Waals surface area contributed by atoms with Gasteiger partial charge in [0.15, 0.2) is 11.6 Å². The van der Waals surface area contributed by atoms with Crippen LogP contribution in [-0.4, -0.2) is 35.0 Å². The molecule has 5 rings (SSSR count). The molecule has 7 heteroatoms. The topological polar surface area (TPSA) is 62.3 Å². The fourth-order valence-corrected chi connectivity index (χ4v) is 5.24. The van der Waals surface area contributed by atoms with Crippen molar-refractivity contribution in [3.8, 4) is 16.9 Å². The Balaban J connectivity index is 1.53. The first-order valence-corrected chi connectivity index (χ1v) is 12.3. The zero-order valence-corrected chi connectivity index (χ0v) is 20.8. The van der Waals surface area contributed by atoms with Crippen molar-refractivity contribution in [2.24, 2.45) is 5.92 Å². The van der Waals surface area contributed by atoms with Crippen LogP contribution in [0.15, 0.2) is 40.9 Å². The highest BCUT2D eigenvalue weighted by Crippen LogP contribution is 2.33. The van der Waals surface area contributed by atoms with Crippen LogP contribution in [0.4, 0.5) is 4.39 Å². The minimum Gasteiger partial charge on any atom is -0.494 e. The summed E-state index contributed by atoms with van der Waals surface area (Å²) in [5.41, 5.74) is 5.96. The van der Waals surface area contributed by atoms with Crippen molar-refractivity contribution in [2.75, 3.05) is 20.3 Å². The van der Waals surface area contributed by atoms with Gasteiger partial charge in [0.2, 0.25) is 0 Å². The number of hydrogen-bond donors (Lipinski definition) is 0. The standard InChI is InChI=1S/C28H32FN3O3/c1-17(13-21-5-8-26(33-4)23(29)14-21)28-30-24-15-22(27-18(2)31-35-19(27)3)6-7-25(24)32(28)16-20-9-11-34-12-10-20/h5-8,14-15,17,20H,9-13,16H2,1-4H3. The SMILES string of the molecule is COc1ccc(CC(C)c2nc3cc(-c4c(C)noc4C)ccc3n2CC2CCOCC2)cc1F. The van der Waals surface area contributed by atoms with Gasteiger partial charge >= 0.3 is 0 Å². The van der Waals surface area contributed by atoms with Crippen LogP contribution in [0.2, 0.25) is 0 Å². The Labute approximate surface area is 205 Å². The van der Waals surface area contributed by atoms with Gasteiger partial charge in [-0.25, -0.2) is 9.37 Å². The Morgan fingerprint density at radius 3 is 2.63 bits per heavy atom. The minimum absolute atomic E-state index is 0.109. The molecule has 4 aromatic rings. The van der Waals surface area contributed by atoms with Gasteiger partial charge in [0.25, 0.3) is 0 Å². The number of aromatic nitrogens is 3. The van der Waals surface area contributed by atoms with E-state index in [4.69, 9.17) is 19.0 Å². The molecule has 1 unspecified atom stereocenters. The van der Waals surface area contributed by atoms with E-state index in [0.717, 1.165) is 77.6 Å². The Hall–Kier alpha value is -3.19. The highest BCUT2D eigenvalue weighted by molar-refractivity contribution is 5.83. The summed E-state index contributed by atoms with van der Waals surface area (Å²) in [5, 5.41) is 4.12. The van der Waals surface area contributed by atoms with Crippen LogP contribution >= 0.6 is 0 Å². The summed E-state index contributed by atoms with van der Waals surface area (Å²) in [6.45, 7) is 8.58. The number of ether oxygens (including phenoxy) is 2. The van der Waals surface area contributed by atoms with E-state index in [1.54, 1.807) is 12.1 Å². The number of benzene rings is 2. The summed E-state index contributed by atoms with van der Waals surface area (Å²) < 4.78 is 32.8. The van der Waals surface area contributed by atoms with Crippen LogP contribution in [0.1, 0.15) is 48.5 Å². The molecule has 6 nitrogen and oxygen atoms in total. The second-order valence-electron chi connectivity index (χ2n) is 9.61. The molecule has 3 heterocycles. The number of nitrogens with zero attached hydrogens (tertiary/aromatic N) is 3. The minimum atomic E-state index is -0.336. The average Bonchev–Trinajstić information content (AvgIpc) is 3.38. The molecular weight excluding hydrogens is 445 g/mol. The van der Waals surface area contributed by atoms with Crippen LogP contribution < -0.4 is 4.74 Å². The van der Waals surface area contributed by atoms with Crippen LogP contribution in [-0.2, 0) is 17.7 Å². The Kier molecular flexibility index (Phi) is 6.60. The molecule has 2 aromatic carbocycles. The van der Waals surface area contributed by atoms with E-state index in [1.165, 1.54) is 7.11 Å². The highest BCUT2D eigenvalue weighted by Gasteiger charge is 2.23. The molecule has 0 radical (unpaired) electrons. The smallest absolute Gasteiger partial charge is 0.165 e. The number of halogens is 1. The lowest BCUT2D eigenvalue weighted by Crippen LogP contribution is -2.22. The third kappa shape index (κ3) is 4.69. The summed E-state index contributed by atoms with van der Waals surface area (Å²) >= 11 is 0. The Morgan fingerprint density at radius 1 is 1.14 bits per heavy atom. The van der Waals surface area contributed by atoms with Gasteiger partial charge in [-0.1, -0.05) is 24.2 Å². The van der Waals surface area contributed by atoms with E-state index in [9.17, 15) is 4.39 Å². The van der Waals surface area contributed by atoms with Crippen molar-refractivity contribution in [3.05, 3.63) is 65.1 Å². The van der Waals surface area contributed by atoms with Crippen LogP contribution in [0.3, 0.4) is 0 Å². The molecule has 1 fully saturated rings. The van der Waals surface area contributed by atoms with Crippen molar-refractivity contribution < 1.29 is 18.4 Å². The lowest BCUT2D eigenvalue weighted by atomic mass is 9.98. The monoisotopic (exact) mass is 477 g/mol. The third-order valence-corrected chi connectivity index (χ3v) is 7.08. The van der Waals surface area contributed by atoms with Gasteiger partial charge < -0.3 is 18.6 Å². The number of imidazole rings is 1. The van der Waals surface area contributed by atoms with E-state index >= 15 is 0 Å². The zero-order valence-electron chi connectivity index (χ0n) is 20.8. The number of aryl methyl sites for hydroxylation is 2. The first-order valence-electron chi connectivity index (χ1n) is 12.3. The van der Waals surface area contributed by atoms with Crippen molar-refractivity contribution in [2.45, 2.75) is 52.5 Å². The van der Waals surface area contributed by atoms with Crippen molar-refractivity contribution in [1.82, 2.24) is 14.7 Å². The number of methoxy groups -OCH3 is 1. The van der Waals surface area contributed by atoms with Gasteiger partial charge in [0, 0.05) is 31.2 Å². The first kappa shape index (κ1) is 23.5. The molecule has 0 amide bonds. The van der Waals surface area contributed by atoms with E-state index in [2.05, 4.69) is 34.8 Å². The van der Waals surface area contributed by atoms with Crippen LogP contribution in [0.25, 0.3) is 22.2 Å². The molecule has 0 aliphatic carbocycles. The maximum Gasteiger partial charge on any atom is 0.165 e. The lowest BCUT2D eigenvalue weighted by Gasteiger charge is -2.24. The maximum atomic E-state index is 14.3. The predicted octanol–water partition coefficient (Wildman–Crippen LogP) is 6.23. The normalized spacial score (nSPS) is 15.6. The molecule has 2 aromatic heterocycles. The molecule has 0 N–H and O–H groups in total. The molecule has 0 bridgehead atoms. The van der Waals surface area contributed by atoms with Crippen molar-refractivity contribution in [3.63, 3.8) is 0 Å². The van der Waals surface area contributed by atoms with E-state index in [1.807, 2.05) is 19.9 Å². The van der Waals surface area contributed by atoms with Gasteiger partial charge in [-0.2, -0.15) is 0 Å². The first-order chi connectivity index (χ1) is 16.9. The largest absolute Gasteiger partial charge is 0.494 e. The van der Waals surface area contributed by atoms with Crippen LogP contribution in [0.5, 0.6) is 5.75 Å². The van der Waals surface area contributed by atoms with Gasteiger partial charge in [0.1, 0.15) is 11.6 Å². The number of fused-ring (bicyclic) bond motifs is 1. The second kappa shape index (κ2) is 9.82. The van der Waals surface area contributed by atoms with Gasteiger partial charge in [-0.15, -0.1) is 0 Å². The summed E-state index contributed by atoms with van der Waals surface area (Å²) in [5.74, 6) is 2.42. The van der Waals surface area contributed by atoms with Gasteiger partial charge in [0.05, 0.1) is 23.8 Å². The quantitative estimate of drug-likeness (QED) is 0.316. The van der Waals surface area contributed by atoms with Crippen molar-refractivity contribution in [1.29, 1.82) is 0 Å². The van der Waals surface area contributed by atoms with E-state index < -0.39 is 0 Å². The number of rotatable bonds is 7. The fourth-order valence-electron chi connectivity index (χ4n) is 5.24. The molecule has 1 aliphatic rings. The molecule has 1 atom stereocenters. The Morgan fingerprint density at radius 2 is 1.94 bits per heavy atom. The summed E-state index contributed by atoms with van der Waals surface area (Å²) in [6.07, 6.45) is 2.79. The fraction of sp³-hybridized carbons (Fsp3) is 0.429. The summed E-state index contributed by atoms with van der Waals surface area (Å²) in [7, 11) is 1.48. The Bertz CT molecular complexity index is 1320. The molecule has 0 saturated carbocycles. The third-order valence-electron chi connectivity index (χ3n) is 7.08. The molecular formula is C28H32FN3O3. The summed E-state index contributed by atoms with van der Waals surface area (Å²) in [6, 6.07) is 11.6. The van der Waals surface area contributed by atoms with Crippen molar-refractivity contribution >= 4 is 11.0 Å². The zero-order chi connectivity index (χ0) is 24.5. The molecule has 0 spiro atoms. The maximum absolute atomic E-state index is 14.3. The highest BCUT2D eigenvalue weighted by atomic mass is 19.1.